The molecule has 17 heavy (non-hydrogen) atoms. The van der Waals surface area contributed by atoms with Crippen molar-refractivity contribution < 1.29 is 9.53 Å². The van der Waals surface area contributed by atoms with Gasteiger partial charge in [0.1, 0.15) is 0 Å². The molecule has 1 fully saturated rings. The highest BCUT2D eigenvalue weighted by molar-refractivity contribution is 5.70. The smallest absolute Gasteiger partial charge is 0.306 e. The van der Waals surface area contributed by atoms with E-state index in [0.29, 0.717) is 12.3 Å². The summed E-state index contributed by atoms with van der Waals surface area (Å²) in [6.45, 7) is 8.63. The van der Waals surface area contributed by atoms with Gasteiger partial charge in [-0.15, -0.1) is 0 Å². The predicted molar refractivity (Wildman–Crippen MR) is 69.5 cm³/mol. The number of ether oxygens (including phenoxy) is 1. The summed E-state index contributed by atoms with van der Waals surface area (Å²) < 4.78 is 4.84. The number of methoxy groups -OCH3 is 1. The first kappa shape index (κ1) is 14.5. The Labute approximate surface area is 105 Å². The Morgan fingerprint density at radius 1 is 1.41 bits per heavy atom. The normalized spacial score (nSPS) is 34.5. The molecule has 0 aliphatic heterocycles. The third-order valence-electron chi connectivity index (χ3n) is 4.84. The second-order valence-corrected chi connectivity index (χ2v) is 6.45. The lowest BCUT2D eigenvalue weighted by molar-refractivity contribution is -0.146. The van der Waals surface area contributed by atoms with Gasteiger partial charge in [0.15, 0.2) is 0 Å². The van der Waals surface area contributed by atoms with Crippen molar-refractivity contribution in [2.24, 2.45) is 23.0 Å². The van der Waals surface area contributed by atoms with E-state index < -0.39 is 0 Å². The molecule has 2 N–H and O–H groups in total. The molecule has 0 aromatic rings. The molecule has 3 unspecified atom stereocenters. The number of carbonyl (C=O) groups is 1. The molecule has 1 aliphatic carbocycles. The van der Waals surface area contributed by atoms with Gasteiger partial charge in [-0.25, -0.2) is 0 Å². The first-order valence-electron chi connectivity index (χ1n) is 6.57. The number of nitrogens with two attached hydrogens (primary N) is 1. The van der Waals surface area contributed by atoms with Gasteiger partial charge in [-0.3, -0.25) is 4.79 Å². The lowest BCUT2D eigenvalue weighted by atomic mass is 9.57. The van der Waals surface area contributed by atoms with Crippen molar-refractivity contribution in [3.63, 3.8) is 0 Å². The fourth-order valence-corrected chi connectivity index (χ4v) is 3.03. The monoisotopic (exact) mass is 241 g/mol. The number of esters is 1. The average Bonchev–Trinajstić information content (AvgIpc) is 2.22. The van der Waals surface area contributed by atoms with Crippen LogP contribution in [0.15, 0.2) is 0 Å². The van der Waals surface area contributed by atoms with Crippen LogP contribution in [-0.2, 0) is 9.53 Å². The third-order valence-corrected chi connectivity index (χ3v) is 4.84. The van der Waals surface area contributed by atoms with Crippen molar-refractivity contribution in [3.8, 4) is 0 Å². The van der Waals surface area contributed by atoms with Crippen LogP contribution < -0.4 is 5.73 Å². The molecule has 0 saturated heterocycles. The fourth-order valence-electron chi connectivity index (χ4n) is 3.03. The molecule has 1 aliphatic rings. The summed E-state index contributed by atoms with van der Waals surface area (Å²) in [6, 6.07) is 0. The number of rotatable bonds is 3. The Kier molecular flexibility index (Phi) is 4.23. The average molecular weight is 241 g/mol. The van der Waals surface area contributed by atoms with Gasteiger partial charge in [0.2, 0.25) is 0 Å². The van der Waals surface area contributed by atoms with E-state index in [1.807, 2.05) is 13.8 Å². The van der Waals surface area contributed by atoms with E-state index in [2.05, 4.69) is 13.8 Å². The van der Waals surface area contributed by atoms with Crippen LogP contribution in [0.25, 0.3) is 0 Å². The summed E-state index contributed by atoms with van der Waals surface area (Å²) in [6.07, 6.45) is 3.65. The minimum absolute atomic E-state index is 0.105. The molecule has 0 amide bonds. The molecule has 100 valence electrons. The molecule has 0 aromatic heterocycles. The molecule has 0 bridgehead atoms. The van der Waals surface area contributed by atoms with E-state index >= 15 is 0 Å². The second-order valence-electron chi connectivity index (χ2n) is 6.45. The van der Waals surface area contributed by atoms with Crippen LogP contribution in [0.2, 0.25) is 0 Å². The summed E-state index contributed by atoms with van der Waals surface area (Å²) in [5.41, 5.74) is 5.91. The maximum absolute atomic E-state index is 11.6. The standard InChI is InChI=1S/C14H27NO2/c1-10-6-7-14(8-11(10)2,13(3,4)15)9-12(16)17-5/h10-11H,6-9,15H2,1-5H3. The zero-order valence-electron chi connectivity index (χ0n) is 11.9. The number of carbonyl (C=O) groups excluding carboxylic acids is 1. The highest BCUT2D eigenvalue weighted by Gasteiger charge is 2.47. The largest absolute Gasteiger partial charge is 0.469 e. The van der Waals surface area contributed by atoms with Crippen molar-refractivity contribution >= 4 is 5.97 Å². The third kappa shape index (κ3) is 3.01. The minimum Gasteiger partial charge on any atom is -0.469 e. The summed E-state index contributed by atoms with van der Waals surface area (Å²) in [5, 5.41) is 0. The Hall–Kier alpha value is -0.570. The number of hydrogen-bond acceptors (Lipinski definition) is 3. The van der Waals surface area contributed by atoms with Crippen LogP contribution in [0.3, 0.4) is 0 Å². The Bertz CT molecular complexity index is 282. The zero-order chi connectivity index (χ0) is 13.3. The van der Waals surface area contributed by atoms with E-state index in [0.717, 1.165) is 25.2 Å². The lowest BCUT2D eigenvalue weighted by Crippen LogP contribution is -2.54. The highest BCUT2D eigenvalue weighted by atomic mass is 16.5. The van der Waals surface area contributed by atoms with Crippen molar-refractivity contribution in [3.05, 3.63) is 0 Å². The van der Waals surface area contributed by atoms with Gasteiger partial charge < -0.3 is 10.5 Å². The van der Waals surface area contributed by atoms with Crippen molar-refractivity contribution in [1.82, 2.24) is 0 Å². The maximum atomic E-state index is 11.6. The van der Waals surface area contributed by atoms with Crippen LogP contribution in [0.5, 0.6) is 0 Å². The lowest BCUT2D eigenvalue weighted by Gasteiger charge is -2.50. The van der Waals surface area contributed by atoms with E-state index in [1.54, 1.807) is 0 Å². The molecule has 0 radical (unpaired) electrons. The summed E-state index contributed by atoms with van der Waals surface area (Å²) in [5.74, 6) is 1.21. The SMILES string of the molecule is COC(=O)CC1(C(C)(C)N)CCC(C)C(C)C1. The molecule has 0 heterocycles. The Balaban J connectivity index is 2.92. The molecule has 3 heteroatoms. The van der Waals surface area contributed by atoms with Crippen LogP contribution in [0.4, 0.5) is 0 Å². The summed E-state index contributed by atoms with van der Waals surface area (Å²) in [4.78, 5) is 11.6. The number of hydrogen-bond donors (Lipinski definition) is 1. The van der Waals surface area contributed by atoms with Crippen LogP contribution in [-0.4, -0.2) is 18.6 Å². The topological polar surface area (TPSA) is 52.3 Å². The zero-order valence-corrected chi connectivity index (χ0v) is 11.9. The van der Waals surface area contributed by atoms with Gasteiger partial charge in [0.25, 0.3) is 0 Å². The highest BCUT2D eigenvalue weighted by Crippen LogP contribution is 2.50. The summed E-state index contributed by atoms with van der Waals surface area (Å²) in [7, 11) is 1.45. The van der Waals surface area contributed by atoms with Crippen molar-refractivity contribution in [2.45, 2.75) is 58.9 Å². The predicted octanol–water partition coefficient (Wildman–Crippen LogP) is 2.73. The van der Waals surface area contributed by atoms with E-state index in [1.165, 1.54) is 7.11 Å². The van der Waals surface area contributed by atoms with Gasteiger partial charge in [-0.05, 0) is 50.4 Å². The molecule has 1 saturated carbocycles. The van der Waals surface area contributed by atoms with Crippen LogP contribution in [0.1, 0.15) is 53.4 Å². The van der Waals surface area contributed by atoms with Gasteiger partial charge in [-0.2, -0.15) is 0 Å². The van der Waals surface area contributed by atoms with Gasteiger partial charge in [0.05, 0.1) is 13.5 Å². The second kappa shape index (κ2) is 4.97. The fraction of sp³-hybridized carbons (Fsp3) is 0.929. The quantitative estimate of drug-likeness (QED) is 0.773. The molecular formula is C14H27NO2. The van der Waals surface area contributed by atoms with E-state index in [4.69, 9.17) is 10.5 Å². The van der Waals surface area contributed by atoms with Gasteiger partial charge >= 0.3 is 5.97 Å². The molecule has 0 spiro atoms. The summed E-state index contributed by atoms with van der Waals surface area (Å²) >= 11 is 0. The van der Waals surface area contributed by atoms with Gasteiger partial charge in [0, 0.05) is 5.54 Å². The van der Waals surface area contributed by atoms with Crippen molar-refractivity contribution in [1.29, 1.82) is 0 Å². The Morgan fingerprint density at radius 3 is 2.41 bits per heavy atom. The van der Waals surface area contributed by atoms with E-state index in [-0.39, 0.29) is 16.9 Å². The van der Waals surface area contributed by atoms with Gasteiger partial charge in [-0.1, -0.05) is 13.8 Å². The van der Waals surface area contributed by atoms with Crippen LogP contribution in [0, 0.1) is 17.3 Å². The van der Waals surface area contributed by atoms with E-state index in [9.17, 15) is 4.79 Å². The minimum atomic E-state index is -0.338. The first-order valence-corrected chi connectivity index (χ1v) is 6.57. The molecule has 1 rings (SSSR count). The first-order chi connectivity index (χ1) is 7.72. The molecule has 0 aromatic carbocycles. The Morgan fingerprint density at radius 2 is 2.00 bits per heavy atom. The molecule has 3 nitrogen and oxygen atoms in total. The maximum Gasteiger partial charge on any atom is 0.306 e. The van der Waals surface area contributed by atoms with Crippen LogP contribution >= 0.6 is 0 Å². The molecular weight excluding hydrogens is 214 g/mol. The van der Waals surface area contributed by atoms with Crippen molar-refractivity contribution in [2.75, 3.05) is 7.11 Å². The molecule has 3 atom stereocenters.